The molecule has 1 rings (SSSR count). The number of carbonyl (C=O) groups excluding carboxylic acids is 1. The maximum atomic E-state index is 12.0. The molecule has 0 atom stereocenters. The molecular weight excluding hydrogens is 266 g/mol. The van der Waals surface area contributed by atoms with Gasteiger partial charge in [-0.25, -0.2) is 4.79 Å². The van der Waals surface area contributed by atoms with Gasteiger partial charge in [0.2, 0.25) is 0 Å². The van der Waals surface area contributed by atoms with Gasteiger partial charge in [-0.3, -0.25) is 0 Å². The van der Waals surface area contributed by atoms with Gasteiger partial charge in [0.1, 0.15) is 0 Å². The molecule has 0 unspecified atom stereocenters. The van der Waals surface area contributed by atoms with E-state index in [1.165, 1.54) is 0 Å². The molecule has 0 aliphatic rings. The zero-order valence-electron chi connectivity index (χ0n) is 13.7. The van der Waals surface area contributed by atoms with E-state index in [2.05, 4.69) is 38.2 Å². The van der Waals surface area contributed by atoms with Crippen LogP contribution >= 0.6 is 0 Å². The number of hydrogen-bond donors (Lipinski definition) is 2. The second-order valence-corrected chi connectivity index (χ2v) is 6.28. The molecule has 0 bridgehead atoms. The van der Waals surface area contributed by atoms with Crippen molar-refractivity contribution in [2.75, 3.05) is 44.8 Å². The van der Waals surface area contributed by atoms with Gasteiger partial charge in [-0.1, -0.05) is 13.8 Å². The van der Waals surface area contributed by atoms with E-state index in [0.717, 1.165) is 18.8 Å². The molecular formula is C16H27N3O2. The zero-order valence-corrected chi connectivity index (χ0v) is 13.7. The lowest BCUT2D eigenvalue weighted by atomic mass is 9.92. The van der Waals surface area contributed by atoms with Crippen LogP contribution in [0.4, 0.5) is 11.4 Å². The monoisotopic (exact) mass is 293 g/mol. The normalized spacial score (nSPS) is 11.5. The number of esters is 1. The van der Waals surface area contributed by atoms with E-state index in [1.807, 2.05) is 6.07 Å². The van der Waals surface area contributed by atoms with Crippen LogP contribution in [0.1, 0.15) is 31.1 Å². The van der Waals surface area contributed by atoms with Crippen LogP contribution in [0.2, 0.25) is 0 Å². The Labute approximate surface area is 127 Å². The smallest absolute Gasteiger partial charge is 0.340 e. The highest BCUT2D eigenvalue weighted by Gasteiger charge is 2.20. The number of carbonyl (C=O) groups is 1. The van der Waals surface area contributed by atoms with Crippen LogP contribution < -0.4 is 11.1 Å². The summed E-state index contributed by atoms with van der Waals surface area (Å²) in [4.78, 5) is 14.1. The highest BCUT2D eigenvalue weighted by Crippen LogP contribution is 2.23. The van der Waals surface area contributed by atoms with Crippen molar-refractivity contribution >= 4 is 17.3 Å². The molecule has 0 radical (unpaired) electrons. The molecule has 0 amide bonds. The van der Waals surface area contributed by atoms with Crippen molar-refractivity contribution in [3.05, 3.63) is 23.8 Å². The average Bonchev–Trinajstić information content (AvgIpc) is 2.36. The number of benzene rings is 1. The molecule has 3 N–H and O–H groups in total. The number of nitrogens with one attached hydrogen (secondary N) is 1. The molecule has 0 aliphatic carbocycles. The first kappa shape index (κ1) is 17.3. The maximum Gasteiger partial charge on any atom is 0.340 e. The summed E-state index contributed by atoms with van der Waals surface area (Å²) in [6.45, 7) is 8.20. The van der Waals surface area contributed by atoms with Gasteiger partial charge in [0, 0.05) is 24.5 Å². The fourth-order valence-electron chi connectivity index (χ4n) is 2.34. The van der Waals surface area contributed by atoms with E-state index in [4.69, 9.17) is 10.5 Å². The molecule has 0 spiro atoms. The first-order chi connectivity index (χ1) is 9.75. The Kier molecular flexibility index (Phi) is 6.03. The molecule has 21 heavy (non-hydrogen) atoms. The fourth-order valence-corrected chi connectivity index (χ4v) is 2.34. The Morgan fingerprint density at radius 3 is 2.62 bits per heavy atom. The Morgan fingerprint density at radius 2 is 2.05 bits per heavy atom. The zero-order chi connectivity index (χ0) is 16.0. The van der Waals surface area contributed by atoms with E-state index >= 15 is 0 Å². The Balaban J connectivity index is 2.85. The number of nitrogens with zero attached hydrogens (tertiary/aromatic N) is 1. The van der Waals surface area contributed by atoms with Crippen LogP contribution in [0.15, 0.2) is 18.2 Å². The van der Waals surface area contributed by atoms with Gasteiger partial charge in [0.25, 0.3) is 0 Å². The van der Waals surface area contributed by atoms with Crippen molar-refractivity contribution in [1.82, 2.24) is 4.90 Å². The topological polar surface area (TPSA) is 67.6 Å². The lowest BCUT2D eigenvalue weighted by Gasteiger charge is -2.29. The molecule has 0 heterocycles. The Morgan fingerprint density at radius 1 is 1.38 bits per heavy atom. The van der Waals surface area contributed by atoms with Crippen LogP contribution in [0.5, 0.6) is 0 Å². The summed E-state index contributed by atoms with van der Waals surface area (Å²) >= 11 is 0. The van der Waals surface area contributed by atoms with Crippen molar-refractivity contribution in [2.24, 2.45) is 5.41 Å². The van der Waals surface area contributed by atoms with E-state index < -0.39 is 0 Å². The molecule has 0 fully saturated rings. The summed E-state index contributed by atoms with van der Waals surface area (Å²) in [5.41, 5.74) is 7.64. The van der Waals surface area contributed by atoms with Crippen LogP contribution in [-0.2, 0) is 4.74 Å². The summed E-state index contributed by atoms with van der Waals surface area (Å²) in [6.07, 6.45) is 0. The lowest BCUT2D eigenvalue weighted by Crippen LogP contribution is -2.34. The average molecular weight is 293 g/mol. The molecule has 5 nitrogen and oxygen atoms in total. The predicted octanol–water partition coefficient (Wildman–Crippen LogP) is 2.45. The van der Waals surface area contributed by atoms with Crippen molar-refractivity contribution in [3.8, 4) is 0 Å². The second kappa shape index (κ2) is 7.31. The summed E-state index contributed by atoms with van der Waals surface area (Å²) in [5, 5.41) is 3.34. The highest BCUT2D eigenvalue weighted by molar-refractivity contribution is 5.96. The van der Waals surface area contributed by atoms with Gasteiger partial charge < -0.3 is 20.7 Å². The van der Waals surface area contributed by atoms with Gasteiger partial charge in [0.15, 0.2) is 0 Å². The summed E-state index contributed by atoms with van der Waals surface area (Å²) in [7, 11) is 4.10. The molecule has 1 aromatic rings. The molecule has 0 saturated heterocycles. The largest absolute Gasteiger partial charge is 0.462 e. The fraction of sp³-hybridized carbons (Fsp3) is 0.562. The van der Waals surface area contributed by atoms with Gasteiger partial charge in [-0.05, 0) is 44.6 Å². The Bertz CT molecular complexity index is 484. The Hall–Kier alpha value is -1.75. The van der Waals surface area contributed by atoms with Crippen LogP contribution in [0.25, 0.3) is 0 Å². The van der Waals surface area contributed by atoms with Gasteiger partial charge >= 0.3 is 5.97 Å². The van der Waals surface area contributed by atoms with Crippen molar-refractivity contribution in [1.29, 1.82) is 0 Å². The number of anilines is 2. The lowest BCUT2D eigenvalue weighted by molar-refractivity contribution is 0.0527. The number of nitrogen functional groups attached to an aromatic ring is 1. The van der Waals surface area contributed by atoms with E-state index in [0.29, 0.717) is 17.9 Å². The summed E-state index contributed by atoms with van der Waals surface area (Å²) in [6, 6.07) is 5.26. The van der Waals surface area contributed by atoms with Crippen molar-refractivity contribution in [2.45, 2.75) is 20.8 Å². The molecule has 5 heteroatoms. The molecule has 0 aliphatic heterocycles. The second-order valence-electron chi connectivity index (χ2n) is 6.28. The SMILES string of the molecule is CCOC(=O)c1cc(N)ccc1NCC(C)(C)CN(C)C. The third-order valence-corrected chi connectivity index (χ3v) is 3.04. The third-order valence-electron chi connectivity index (χ3n) is 3.04. The minimum Gasteiger partial charge on any atom is -0.462 e. The molecule has 0 saturated carbocycles. The molecule has 0 aromatic heterocycles. The number of nitrogens with two attached hydrogens (primary N) is 1. The van der Waals surface area contributed by atoms with Gasteiger partial charge in [-0.2, -0.15) is 0 Å². The van der Waals surface area contributed by atoms with Crippen LogP contribution in [0.3, 0.4) is 0 Å². The van der Waals surface area contributed by atoms with Gasteiger partial charge in [-0.15, -0.1) is 0 Å². The minimum atomic E-state index is -0.349. The quantitative estimate of drug-likeness (QED) is 0.597. The van der Waals surface area contributed by atoms with E-state index in [9.17, 15) is 4.79 Å². The third kappa shape index (κ3) is 5.63. The summed E-state index contributed by atoms with van der Waals surface area (Å²) < 4.78 is 5.08. The number of hydrogen-bond acceptors (Lipinski definition) is 5. The van der Waals surface area contributed by atoms with Gasteiger partial charge in [0.05, 0.1) is 12.2 Å². The van der Waals surface area contributed by atoms with Crippen LogP contribution in [-0.4, -0.2) is 44.7 Å². The summed E-state index contributed by atoms with van der Waals surface area (Å²) in [5.74, 6) is -0.349. The van der Waals surface area contributed by atoms with Crippen molar-refractivity contribution in [3.63, 3.8) is 0 Å². The van der Waals surface area contributed by atoms with Crippen molar-refractivity contribution < 1.29 is 9.53 Å². The van der Waals surface area contributed by atoms with E-state index in [-0.39, 0.29) is 11.4 Å². The van der Waals surface area contributed by atoms with E-state index in [1.54, 1.807) is 19.1 Å². The molecule has 118 valence electrons. The number of ether oxygens (including phenoxy) is 1. The standard InChI is InChI=1S/C16H27N3O2/c1-6-21-15(20)13-9-12(17)7-8-14(13)18-10-16(2,3)11-19(4)5/h7-9,18H,6,10-11,17H2,1-5H3. The highest BCUT2D eigenvalue weighted by atomic mass is 16.5. The first-order valence-electron chi connectivity index (χ1n) is 7.20. The maximum absolute atomic E-state index is 12.0. The predicted molar refractivity (Wildman–Crippen MR) is 87.6 cm³/mol. The molecule has 1 aromatic carbocycles. The minimum absolute atomic E-state index is 0.0802. The first-order valence-corrected chi connectivity index (χ1v) is 7.20. The van der Waals surface area contributed by atoms with Crippen LogP contribution in [0, 0.1) is 5.41 Å². The number of rotatable bonds is 7.